The number of carbonyl (C=O) groups excluding carboxylic acids is 2. The predicted octanol–water partition coefficient (Wildman–Crippen LogP) is 2.60. The van der Waals surface area contributed by atoms with Crippen molar-refractivity contribution >= 4 is 22.0 Å². The number of rotatable bonds is 6. The average Bonchev–Trinajstić information content (AvgIpc) is 3.31. The first-order chi connectivity index (χ1) is 14.4. The van der Waals surface area contributed by atoms with Crippen molar-refractivity contribution in [1.29, 1.82) is 0 Å². The number of esters is 2. The number of ether oxygens (including phenoxy) is 2. The quantitative estimate of drug-likeness (QED) is 0.478. The highest BCUT2D eigenvalue weighted by Crippen LogP contribution is 2.70. The highest BCUT2D eigenvalue weighted by molar-refractivity contribution is 7.89. The number of piperidine rings is 1. The summed E-state index contributed by atoms with van der Waals surface area (Å²) in [4.78, 5) is 23.9. The van der Waals surface area contributed by atoms with Crippen LogP contribution in [0.2, 0.25) is 0 Å². The van der Waals surface area contributed by atoms with Crippen LogP contribution in [0.15, 0.2) is 41.3 Å². The summed E-state index contributed by atoms with van der Waals surface area (Å²) in [5.41, 5.74) is -4.02. The van der Waals surface area contributed by atoms with Gasteiger partial charge in [-0.2, -0.15) is 17.5 Å². The van der Waals surface area contributed by atoms with Gasteiger partial charge in [-0.05, 0) is 32.4 Å². The fourth-order valence-electron chi connectivity index (χ4n) is 4.25. The molecule has 0 radical (unpaired) electrons. The first-order valence-electron chi connectivity index (χ1n) is 9.47. The number of sulfonamides is 1. The molecule has 0 spiro atoms. The Bertz CT molecular complexity index is 1020. The van der Waals surface area contributed by atoms with Gasteiger partial charge >= 0.3 is 18.1 Å². The lowest BCUT2D eigenvalue weighted by Crippen LogP contribution is -2.65. The van der Waals surface area contributed by atoms with E-state index in [1.807, 2.05) is 0 Å². The minimum Gasteiger partial charge on any atom is -0.467 e. The number of benzene rings is 1. The van der Waals surface area contributed by atoms with Crippen molar-refractivity contribution in [2.75, 3.05) is 20.3 Å². The lowest BCUT2D eigenvalue weighted by Gasteiger charge is -2.38. The van der Waals surface area contributed by atoms with E-state index in [2.05, 4.69) is 4.74 Å². The summed E-state index contributed by atoms with van der Waals surface area (Å²) in [6.45, 7) is 2.72. The zero-order valence-corrected chi connectivity index (χ0v) is 17.9. The van der Waals surface area contributed by atoms with Gasteiger partial charge in [-0.3, -0.25) is 0 Å². The average molecular weight is 461 g/mol. The van der Waals surface area contributed by atoms with E-state index in [-0.39, 0.29) is 22.2 Å². The monoisotopic (exact) mass is 461 g/mol. The Morgan fingerprint density at radius 2 is 1.87 bits per heavy atom. The number of aryl methyl sites for hydroxylation is 1. The molecule has 1 aliphatic heterocycles. The topological polar surface area (TPSA) is 90.0 Å². The van der Waals surface area contributed by atoms with E-state index >= 15 is 0 Å². The molecule has 170 valence electrons. The number of alkyl halides is 3. The third-order valence-electron chi connectivity index (χ3n) is 5.83. The van der Waals surface area contributed by atoms with E-state index in [4.69, 9.17) is 4.74 Å². The smallest absolute Gasteiger partial charge is 0.418 e. The molecule has 31 heavy (non-hydrogen) atoms. The second-order valence-corrected chi connectivity index (χ2v) is 9.52. The summed E-state index contributed by atoms with van der Waals surface area (Å²) in [5, 5.41) is 0. The molecule has 1 unspecified atom stereocenters. The molecule has 1 saturated heterocycles. The fraction of sp³-hybridized carbons (Fsp3) is 0.500. The molecule has 1 heterocycles. The number of hydrogen-bond acceptors (Lipinski definition) is 6. The molecule has 0 amide bonds. The van der Waals surface area contributed by atoms with E-state index in [1.165, 1.54) is 30.3 Å². The Kier molecular flexibility index (Phi) is 5.72. The Labute approximate surface area is 177 Å². The standard InChI is InChI=1S/C20H22F3NO6S/c1-4-30-16(25)9-10-18-11-15(18)19(17(26)29-3,20(21,22)23)24(12-18)31(27,28)14-7-5-13(2)6-8-14/h5-10,15H,4,11-12H2,1-3H3/b10-9+/t15?,18-,19+/m0/s1. The van der Waals surface area contributed by atoms with Crippen LogP contribution in [0.3, 0.4) is 0 Å². The van der Waals surface area contributed by atoms with Crippen LogP contribution in [-0.4, -0.2) is 56.6 Å². The molecule has 0 N–H and O–H groups in total. The van der Waals surface area contributed by atoms with Crippen molar-refractivity contribution in [3.8, 4) is 0 Å². The molecule has 1 aromatic carbocycles. The number of carbonyl (C=O) groups is 2. The zero-order valence-electron chi connectivity index (χ0n) is 17.1. The van der Waals surface area contributed by atoms with Crippen molar-refractivity contribution in [1.82, 2.24) is 4.31 Å². The summed E-state index contributed by atoms with van der Waals surface area (Å²) >= 11 is 0. The Balaban J connectivity index is 2.15. The molecule has 0 bridgehead atoms. The molecule has 2 aliphatic rings. The SMILES string of the molecule is CCOC(=O)/C=C/[C@@]12CC1[C@@](C(=O)OC)(C(F)(F)F)N(S(=O)(=O)c1ccc(C)cc1)C2. The number of nitrogens with zero attached hydrogens (tertiary/aromatic N) is 1. The van der Waals surface area contributed by atoms with Crippen LogP contribution in [-0.2, 0) is 29.1 Å². The highest BCUT2D eigenvalue weighted by atomic mass is 32.2. The molecule has 0 aromatic heterocycles. The summed E-state index contributed by atoms with van der Waals surface area (Å²) in [6, 6.07) is 5.28. The normalized spacial score (nSPS) is 28.4. The van der Waals surface area contributed by atoms with Gasteiger partial charge < -0.3 is 9.47 Å². The predicted molar refractivity (Wildman–Crippen MR) is 102 cm³/mol. The second kappa shape index (κ2) is 7.63. The maximum Gasteiger partial charge on any atom is 0.418 e. The van der Waals surface area contributed by atoms with Gasteiger partial charge in [0.15, 0.2) is 0 Å². The molecule has 11 heteroatoms. The highest BCUT2D eigenvalue weighted by Gasteiger charge is 2.85. The largest absolute Gasteiger partial charge is 0.467 e. The number of methoxy groups -OCH3 is 1. The van der Waals surface area contributed by atoms with Crippen molar-refractivity contribution in [2.45, 2.75) is 36.9 Å². The molecule has 3 rings (SSSR count). The molecule has 1 aliphatic carbocycles. The van der Waals surface area contributed by atoms with Gasteiger partial charge in [-0.15, -0.1) is 0 Å². The van der Waals surface area contributed by atoms with Crippen LogP contribution in [0.5, 0.6) is 0 Å². The van der Waals surface area contributed by atoms with E-state index in [0.717, 1.165) is 13.2 Å². The minimum atomic E-state index is -5.25. The Morgan fingerprint density at radius 1 is 1.26 bits per heavy atom. The summed E-state index contributed by atoms with van der Waals surface area (Å²) in [5.74, 6) is -3.90. The van der Waals surface area contributed by atoms with Crippen molar-refractivity contribution in [3.63, 3.8) is 0 Å². The number of fused-ring (bicyclic) bond motifs is 1. The van der Waals surface area contributed by atoms with Crippen LogP contribution in [0.4, 0.5) is 13.2 Å². The van der Waals surface area contributed by atoms with E-state index in [9.17, 15) is 31.2 Å². The third kappa shape index (κ3) is 3.53. The molecule has 7 nitrogen and oxygen atoms in total. The van der Waals surface area contributed by atoms with Gasteiger partial charge in [0.1, 0.15) is 0 Å². The first-order valence-corrected chi connectivity index (χ1v) is 10.9. The van der Waals surface area contributed by atoms with E-state index < -0.39 is 51.6 Å². The summed E-state index contributed by atoms with van der Waals surface area (Å²) in [6.07, 6.45) is -3.19. The Morgan fingerprint density at radius 3 is 2.39 bits per heavy atom. The maximum absolute atomic E-state index is 14.5. The Hall–Kier alpha value is -2.40. The number of halogens is 3. The van der Waals surface area contributed by atoms with Gasteiger partial charge in [-0.25, -0.2) is 18.0 Å². The zero-order chi connectivity index (χ0) is 23.2. The summed E-state index contributed by atoms with van der Waals surface area (Å²) < 4.78 is 79.3. The van der Waals surface area contributed by atoms with Crippen molar-refractivity contribution in [2.24, 2.45) is 11.3 Å². The molecule has 1 saturated carbocycles. The van der Waals surface area contributed by atoms with Gasteiger partial charge in [0, 0.05) is 24.0 Å². The van der Waals surface area contributed by atoms with Crippen molar-refractivity contribution in [3.05, 3.63) is 42.0 Å². The van der Waals surface area contributed by atoms with Gasteiger partial charge in [0.05, 0.1) is 18.6 Å². The summed E-state index contributed by atoms with van der Waals surface area (Å²) in [7, 11) is -3.95. The van der Waals surface area contributed by atoms with Crippen LogP contribution >= 0.6 is 0 Å². The second-order valence-electron chi connectivity index (χ2n) is 7.66. The van der Waals surface area contributed by atoms with Crippen molar-refractivity contribution < 1.29 is 40.7 Å². The molecular formula is C20H22F3NO6S. The fourth-order valence-corrected chi connectivity index (χ4v) is 6.08. The van der Waals surface area contributed by atoms with E-state index in [1.54, 1.807) is 13.8 Å². The lowest BCUT2D eigenvalue weighted by atomic mass is 9.91. The van der Waals surface area contributed by atoms with Crippen LogP contribution in [0.25, 0.3) is 0 Å². The first kappa shape index (κ1) is 23.3. The lowest BCUT2D eigenvalue weighted by molar-refractivity contribution is -0.227. The van der Waals surface area contributed by atoms with Crippen LogP contribution in [0, 0.1) is 18.3 Å². The minimum absolute atomic E-state index is 0.0716. The van der Waals surface area contributed by atoms with Crippen LogP contribution < -0.4 is 0 Å². The molecule has 3 atom stereocenters. The third-order valence-corrected chi connectivity index (χ3v) is 7.69. The van der Waals surface area contributed by atoms with Gasteiger partial charge in [-0.1, -0.05) is 23.8 Å². The van der Waals surface area contributed by atoms with Gasteiger partial charge in [0.2, 0.25) is 15.6 Å². The molecule has 1 aromatic rings. The number of hydrogen-bond donors (Lipinski definition) is 0. The van der Waals surface area contributed by atoms with Gasteiger partial charge in [0.25, 0.3) is 0 Å². The van der Waals surface area contributed by atoms with Crippen LogP contribution in [0.1, 0.15) is 18.9 Å². The molecule has 2 fully saturated rings. The van der Waals surface area contributed by atoms with E-state index in [0.29, 0.717) is 5.56 Å². The molecular weight excluding hydrogens is 439 g/mol. The maximum atomic E-state index is 14.5.